The van der Waals surface area contributed by atoms with Crippen molar-refractivity contribution in [2.24, 2.45) is 5.92 Å². The van der Waals surface area contributed by atoms with Crippen LogP contribution in [0.2, 0.25) is 0 Å². The first-order valence-corrected chi connectivity index (χ1v) is 6.10. The van der Waals surface area contributed by atoms with Gasteiger partial charge in [-0.2, -0.15) is 0 Å². The fourth-order valence-corrected chi connectivity index (χ4v) is 2.10. The van der Waals surface area contributed by atoms with Gasteiger partial charge in [0.05, 0.1) is 6.61 Å². The van der Waals surface area contributed by atoms with Gasteiger partial charge in [0, 0.05) is 24.6 Å². The molecule has 1 aromatic heterocycles. The standard InChI is InChI=1S/C12H20N4O/c1-8(2)10-11(13)15-7-16-12(10)14-5-9-3-4-17-6-9/h7-9H,3-6H2,1-2H3,(H3,13,14,15,16). The fourth-order valence-electron chi connectivity index (χ4n) is 2.10. The van der Waals surface area contributed by atoms with Gasteiger partial charge in [-0.1, -0.05) is 13.8 Å². The third-order valence-electron chi connectivity index (χ3n) is 3.07. The van der Waals surface area contributed by atoms with Crippen molar-refractivity contribution in [3.05, 3.63) is 11.9 Å². The number of rotatable bonds is 4. The lowest BCUT2D eigenvalue weighted by atomic mass is 10.0. The van der Waals surface area contributed by atoms with Gasteiger partial charge in [0.25, 0.3) is 0 Å². The van der Waals surface area contributed by atoms with Crippen LogP contribution in [0.4, 0.5) is 11.6 Å². The second-order valence-corrected chi connectivity index (χ2v) is 4.79. The molecule has 17 heavy (non-hydrogen) atoms. The lowest BCUT2D eigenvalue weighted by Crippen LogP contribution is -2.17. The number of nitrogens with two attached hydrogens (primary N) is 1. The highest BCUT2D eigenvalue weighted by molar-refractivity contribution is 5.56. The van der Waals surface area contributed by atoms with Gasteiger partial charge in [-0.15, -0.1) is 0 Å². The maximum absolute atomic E-state index is 5.89. The van der Waals surface area contributed by atoms with Crippen LogP contribution in [-0.2, 0) is 4.74 Å². The van der Waals surface area contributed by atoms with Gasteiger partial charge in [0.15, 0.2) is 0 Å². The van der Waals surface area contributed by atoms with Crippen molar-refractivity contribution in [2.75, 3.05) is 30.8 Å². The van der Waals surface area contributed by atoms with Crippen LogP contribution in [0.3, 0.4) is 0 Å². The molecule has 0 spiro atoms. The van der Waals surface area contributed by atoms with Crippen LogP contribution in [0.15, 0.2) is 6.33 Å². The molecule has 1 saturated heterocycles. The molecule has 0 aromatic carbocycles. The zero-order valence-corrected chi connectivity index (χ0v) is 10.4. The molecule has 1 aliphatic rings. The van der Waals surface area contributed by atoms with Crippen LogP contribution in [0.5, 0.6) is 0 Å². The van der Waals surface area contributed by atoms with E-state index in [4.69, 9.17) is 10.5 Å². The molecule has 0 bridgehead atoms. The number of hydrogen-bond acceptors (Lipinski definition) is 5. The van der Waals surface area contributed by atoms with E-state index in [1.807, 2.05) is 0 Å². The Bertz CT molecular complexity index is 375. The van der Waals surface area contributed by atoms with E-state index in [9.17, 15) is 0 Å². The molecule has 1 fully saturated rings. The average Bonchev–Trinajstić information content (AvgIpc) is 2.78. The molecule has 1 unspecified atom stereocenters. The summed E-state index contributed by atoms with van der Waals surface area (Å²) in [6, 6.07) is 0. The molecule has 0 saturated carbocycles. The number of nitrogen functional groups attached to an aromatic ring is 1. The number of anilines is 2. The maximum atomic E-state index is 5.89. The zero-order chi connectivity index (χ0) is 12.3. The van der Waals surface area contributed by atoms with Crippen molar-refractivity contribution in [3.8, 4) is 0 Å². The van der Waals surface area contributed by atoms with Crippen LogP contribution >= 0.6 is 0 Å². The minimum atomic E-state index is 0.318. The van der Waals surface area contributed by atoms with Crippen molar-refractivity contribution >= 4 is 11.6 Å². The SMILES string of the molecule is CC(C)c1c(N)ncnc1NCC1CCOC1. The number of hydrogen-bond donors (Lipinski definition) is 2. The van der Waals surface area contributed by atoms with E-state index in [-0.39, 0.29) is 0 Å². The van der Waals surface area contributed by atoms with E-state index in [1.165, 1.54) is 6.33 Å². The molecule has 1 atom stereocenters. The van der Waals surface area contributed by atoms with E-state index >= 15 is 0 Å². The summed E-state index contributed by atoms with van der Waals surface area (Å²) in [7, 11) is 0. The second kappa shape index (κ2) is 5.31. The first-order valence-electron chi connectivity index (χ1n) is 6.10. The molecular weight excluding hydrogens is 216 g/mol. The molecule has 0 aliphatic carbocycles. The minimum Gasteiger partial charge on any atom is -0.383 e. The predicted molar refractivity (Wildman–Crippen MR) is 67.9 cm³/mol. The Hall–Kier alpha value is -1.36. The number of ether oxygens (including phenoxy) is 1. The summed E-state index contributed by atoms with van der Waals surface area (Å²) in [6.07, 6.45) is 2.62. The summed E-state index contributed by atoms with van der Waals surface area (Å²) in [4.78, 5) is 8.32. The van der Waals surface area contributed by atoms with E-state index in [0.717, 1.165) is 37.6 Å². The molecule has 5 heteroatoms. The molecule has 1 aromatic rings. The molecule has 5 nitrogen and oxygen atoms in total. The third kappa shape index (κ3) is 2.85. The number of nitrogens with zero attached hydrogens (tertiary/aromatic N) is 2. The van der Waals surface area contributed by atoms with E-state index in [1.54, 1.807) is 0 Å². The Morgan fingerprint density at radius 3 is 3.00 bits per heavy atom. The Morgan fingerprint density at radius 1 is 1.53 bits per heavy atom. The fraction of sp³-hybridized carbons (Fsp3) is 0.667. The summed E-state index contributed by atoms with van der Waals surface area (Å²) < 4.78 is 5.35. The van der Waals surface area contributed by atoms with E-state index in [0.29, 0.717) is 17.7 Å². The summed E-state index contributed by atoms with van der Waals surface area (Å²) in [5.41, 5.74) is 6.90. The Morgan fingerprint density at radius 2 is 2.35 bits per heavy atom. The summed E-state index contributed by atoms with van der Waals surface area (Å²) in [5, 5.41) is 3.37. The Kier molecular flexibility index (Phi) is 3.78. The second-order valence-electron chi connectivity index (χ2n) is 4.79. The van der Waals surface area contributed by atoms with Gasteiger partial charge in [0.1, 0.15) is 18.0 Å². The van der Waals surface area contributed by atoms with Gasteiger partial charge in [-0.3, -0.25) is 0 Å². The number of aromatic nitrogens is 2. The lowest BCUT2D eigenvalue weighted by Gasteiger charge is -2.16. The van der Waals surface area contributed by atoms with Crippen molar-refractivity contribution in [1.82, 2.24) is 9.97 Å². The lowest BCUT2D eigenvalue weighted by molar-refractivity contribution is 0.187. The van der Waals surface area contributed by atoms with Gasteiger partial charge in [0.2, 0.25) is 0 Å². The smallest absolute Gasteiger partial charge is 0.134 e. The third-order valence-corrected chi connectivity index (χ3v) is 3.07. The normalized spacial score (nSPS) is 19.8. The van der Waals surface area contributed by atoms with Gasteiger partial charge >= 0.3 is 0 Å². The molecule has 3 N–H and O–H groups in total. The highest BCUT2D eigenvalue weighted by atomic mass is 16.5. The average molecular weight is 236 g/mol. The van der Waals surface area contributed by atoms with Crippen molar-refractivity contribution in [2.45, 2.75) is 26.2 Å². The Balaban J connectivity index is 2.06. The maximum Gasteiger partial charge on any atom is 0.134 e. The van der Waals surface area contributed by atoms with Crippen LogP contribution in [0, 0.1) is 5.92 Å². The summed E-state index contributed by atoms with van der Waals surface area (Å²) >= 11 is 0. The molecule has 94 valence electrons. The molecule has 1 aliphatic heterocycles. The van der Waals surface area contributed by atoms with E-state index < -0.39 is 0 Å². The van der Waals surface area contributed by atoms with Gasteiger partial charge < -0.3 is 15.8 Å². The highest BCUT2D eigenvalue weighted by Gasteiger charge is 2.17. The summed E-state index contributed by atoms with van der Waals surface area (Å²) in [5.74, 6) is 2.32. The number of nitrogens with one attached hydrogen (secondary N) is 1. The molecule has 2 heterocycles. The monoisotopic (exact) mass is 236 g/mol. The molecule has 2 rings (SSSR count). The van der Waals surface area contributed by atoms with Crippen LogP contribution in [-0.4, -0.2) is 29.7 Å². The van der Waals surface area contributed by atoms with Crippen molar-refractivity contribution in [3.63, 3.8) is 0 Å². The van der Waals surface area contributed by atoms with E-state index in [2.05, 4.69) is 29.1 Å². The van der Waals surface area contributed by atoms with Crippen LogP contribution < -0.4 is 11.1 Å². The summed E-state index contributed by atoms with van der Waals surface area (Å²) in [6.45, 7) is 6.79. The predicted octanol–water partition coefficient (Wildman–Crippen LogP) is 1.63. The van der Waals surface area contributed by atoms with Crippen LogP contribution in [0.1, 0.15) is 31.7 Å². The largest absolute Gasteiger partial charge is 0.383 e. The zero-order valence-electron chi connectivity index (χ0n) is 10.4. The first-order chi connectivity index (χ1) is 8.18. The quantitative estimate of drug-likeness (QED) is 0.831. The van der Waals surface area contributed by atoms with Gasteiger partial charge in [-0.25, -0.2) is 9.97 Å². The van der Waals surface area contributed by atoms with Crippen molar-refractivity contribution < 1.29 is 4.74 Å². The first kappa shape index (κ1) is 12.1. The van der Waals surface area contributed by atoms with Crippen molar-refractivity contribution in [1.29, 1.82) is 0 Å². The highest BCUT2D eigenvalue weighted by Crippen LogP contribution is 2.26. The Labute approximate surface area is 102 Å². The molecule has 0 amide bonds. The van der Waals surface area contributed by atoms with Crippen LogP contribution in [0.25, 0.3) is 0 Å². The molecular formula is C12H20N4O. The van der Waals surface area contributed by atoms with Gasteiger partial charge in [-0.05, 0) is 12.3 Å². The topological polar surface area (TPSA) is 73.1 Å². The minimum absolute atomic E-state index is 0.318. The molecule has 0 radical (unpaired) electrons.